The molecule has 1 fully saturated rings. The molecule has 0 bridgehead atoms. The fourth-order valence-electron chi connectivity index (χ4n) is 3.12. The van der Waals surface area contributed by atoms with Gasteiger partial charge in [-0.3, -0.25) is 4.79 Å². The molecule has 164 valence electrons. The van der Waals surface area contributed by atoms with Crippen molar-refractivity contribution in [2.24, 2.45) is 0 Å². The van der Waals surface area contributed by atoms with E-state index in [1.807, 2.05) is 24.3 Å². The van der Waals surface area contributed by atoms with Crippen molar-refractivity contribution < 1.29 is 23.0 Å². The first-order valence-corrected chi connectivity index (χ1v) is 9.43. The predicted molar refractivity (Wildman–Crippen MR) is 113 cm³/mol. The Kier molecular flexibility index (Phi) is 7.56. The molecule has 1 aliphatic rings. The van der Waals surface area contributed by atoms with Crippen LogP contribution in [0.5, 0.6) is 5.75 Å². The van der Waals surface area contributed by atoms with E-state index in [0.717, 1.165) is 18.7 Å². The van der Waals surface area contributed by atoms with Gasteiger partial charge in [0.1, 0.15) is 5.75 Å². The molecule has 0 saturated carbocycles. The van der Waals surface area contributed by atoms with E-state index in [-0.39, 0.29) is 35.9 Å². The molecule has 1 aromatic heterocycles. The van der Waals surface area contributed by atoms with E-state index in [4.69, 9.17) is 4.74 Å². The molecule has 10 heteroatoms. The maximum absolute atomic E-state index is 12.5. The maximum atomic E-state index is 12.5. The molecule has 2 heterocycles. The van der Waals surface area contributed by atoms with Crippen molar-refractivity contribution in [2.45, 2.75) is 12.7 Å². The smallest absolute Gasteiger partial charge is 0.387 e. The van der Waals surface area contributed by atoms with Crippen LogP contribution in [0.2, 0.25) is 0 Å². The number of hydrogen-bond acceptors (Lipinski definition) is 5. The van der Waals surface area contributed by atoms with Crippen LogP contribution in [0, 0.1) is 0 Å². The van der Waals surface area contributed by atoms with Crippen LogP contribution >= 0.6 is 12.4 Å². The predicted octanol–water partition coefficient (Wildman–Crippen LogP) is 3.81. The highest BCUT2D eigenvalue weighted by atomic mass is 35.5. The van der Waals surface area contributed by atoms with Crippen molar-refractivity contribution in [1.29, 1.82) is 0 Å². The van der Waals surface area contributed by atoms with Gasteiger partial charge in [-0.1, -0.05) is 12.1 Å². The monoisotopic (exact) mass is 450 g/mol. The average Bonchev–Trinajstić information content (AvgIpc) is 3.25. The molecule has 1 saturated heterocycles. The van der Waals surface area contributed by atoms with Gasteiger partial charge in [0.05, 0.1) is 18.4 Å². The lowest BCUT2D eigenvalue weighted by molar-refractivity contribution is -0.0498. The SMILES string of the molecule is Cl.O=C(Nc1ccc(C2CNCCO2)cc1)c1ccn(-c2ccc(OC(F)F)cc2)n1. The number of carbonyl (C=O) groups excluding carboxylic acids is 1. The van der Waals surface area contributed by atoms with Crippen molar-refractivity contribution in [3.8, 4) is 11.4 Å². The molecule has 4 rings (SSSR count). The molecule has 1 atom stereocenters. The van der Waals surface area contributed by atoms with Gasteiger partial charge in [0.25, 0.3) is 5.91 Å². The number of hydrogen-bond donors (Lipinski definition) is 2. The summed E-state index contributed by atoms with van der Waals surface area (Å²) in [5.41, 5.74) is 2.53. The molecule has 31 heavy (non-hydrogen) atoms. The number of nitrogens with zero attached hydrogens (tertiary/aromatic N) is 2. The summed E-state index contributed by atoms with van der Waals surface area (Å²) in [6.07, 6.45) is 1.63. The third kappa shape index (κ3) is 5.78. The Bertz CT molecular complexity index is 991. The first-order valence-electron chi connectivity index (χ1n) is 9.43. The Balaban J connectivity index is 0.00000272. The second-order valence-corrected chi connectivity index (χ2v) is 6.66. The Morgan fingerprint density at radius 2 is 1.90 bits per heavy atom. The van der Waals surface area contributed by atoms with Crippen LogP contribution in [-0.2, 0) is 4.74 Å². The molecule has 2 aromatic carbocycles. The molecule has 0 spiro atoms. The Morgan fingerprint density at radius 1 is 1.16 bits per heavy atom. The van der Waals surface area contributed by atoms with Gasteiger partial charge in [0.15, 0.2) is 5.69 Å². The standard InChI is InChI=1S/C21H20F2N4O3.ClH/c22-21(23)30-17-7-5-16(6-8-17)27-11-9-18(26-27)20(28)25-15-3-1-14(2-4-15)19-13-24-10-12-29-19;/h1-9,11,19,21,24H,10,12-13H2,(H,25,28);1H. The first kappa shape index (κ1) is 22.7. The van der Waals surface area contributed by atoms with Crippen LogP contribution in [0.4, 0.5) is 14.5 Å². The van der Waals surface area contributed by atoms with Crippen molar-refractivity contribution in [1.82, 2.24) is 15.1 Å². The normalized spacial score (nSPS) is 15.9. The van der Waals surface area contributed by atoms with E-state index in [2.05, 4.69) is 20.5 Å². The van der Waals surface area contributed by atoms with Crippen molar-refractivity contribution >= 4 is 24.0 Å². The fraction of sp³-hybridized carbons (Fsp3) is 0.238. The zero-order valence-electron chi connectivity index (χ0n) is 16.3. The average molecular weight is 451 g/mol. The van der Waals surface area contributed by atoms with Gasteiger partial charge >= 0.3 is 6.61 Å². The van der Waals surface area contributed by atoms with Crippen molar-refractivity contribution in [3.05, 3.63) is 72.1 Å². The number of morpholine rings is 1. The molecular formula is C21H21ClF2N4O3. The highest BCUT2D eigenvalue weighted by molar-refractivity contribution is 6.02. The molecule has 0 radical (unpaired) electrons. The minimum atomic E-state index is -2.88. The Morgan fingerprint density at radius 3 is 2.55 bits per heavy atom. The molecule has 0 aliphatic carbocycles. The van der Waals surface area contributed by atoms with Crippen LogP contribution in [0.3, 0.4) is 0 Å². The number of aromatic nitrogens is 2. The van der Waals surface area contributed by atoms with Crippen molar-refractivity contribution in [2.75, 3.05) is 25.0 Å². The van der Waals surface area contributed by atoms with Gasteiger partial charge in [-0.15, -0.1) is 12.4 Å². The van der Waals surface area contributed by atoms with Crippen LogP contribution < -0.4 is 15.4 Å². The third-order valence-electron chi connectivity index (χ3n) is 4.62. The van der Waals surface area contributed by atoms with Crippen LogP contribution in [0.15, 0.2) is 60.8 Å². The zero-order valence-corrected chi connectivity index (χ0v) is 17.1. The van der Waals surface area contributed by atoms with Gasteiger partial charge in [-0.25, -0.2) is 4.68 Å². The minimum Gasteiger partial charge on any atom is -0.435 e. The topological polar surface area (TPSA) is 77.4 Å². The van der Waals surface area contributed by atoms with Gasteiger partial charge in [0.2, 0.25) is 0 Å². The molecule has 1 amide bonds. The summed E-state index contributed by atoms with van der Waals surface area (Å²) in [5, 5.41) is 10.3. The number of halogens is 3. The van der Waals surface area contributed by atoms with E-state index in [1.54, 1.807) is 24.4 Å². The molecule has 7 nitrogen and oxygen atoms in total. The minimum absolute atomic E-state index is 0. The number of carbonyl (C=O) groups is 1. The van der Waals surface area contributed by atoms with E-state index >= 15 is 0 Å². The van der Waals surface area contributed by atoms with Gasteiger partial charge in [-0.05, 0) is 48.0 Å². The first-order chi connectivity index (χ1) is 14.6. The van der Waals surface area contributed by atoms with Gasteiger partial charge in [0, 0.05) is 25.0 Å². The number of rotatable bonds is 6. The number of nitrogens with one attached hydrogen (secondary N) is 2. The van der Waals surface area contributed by atoms with Crippen LogP contribution in [-0.4, -0.2) is 42.0 Å². The summed E-state index contributed by atoms with van der Waals surface area (Å²) in [6, 6.07) is 15.1. The number of ether oxygens (including phenoxy) is 2. The van der Waals surface area contributed by atoms with Crippen LogP contribution in [0.25, 0.3) is 5.69 Å². The lowest BCUT2D eigenvalue weighted by Crippen LogP contribution is -2.33. The quantitative estimate of drug-likeness (QED) is 0.597. The molecule has 2 N–H and O–H groups in total. The summed E-state index contributed by atoms with van der Waals surface area (Å²) in [5.74, 6) is -0.300. The second-order valence-electron chi connectivity index (χ2n) is 6.66. The number of alkyl halides is 2. The van der Waals surface area contributed by atoms with E-state index in [1.165, 1.54) is 16.8 Å². The Labute approximate surface area is 183 Å². The molecule has 3 aromatic rings. The highest BCUT2D eigenvalue weighted by Gasteiger charge is 2.16. The third-order valence-corrected chi connectivity index (χ3v) is 4.62. The molecule has 1 aliphatic heterocycles. The summed E-state index contributed by atoms with van der Waals surface area (Å²) in [6.45, 7) is -0.589. The van der Waals surface area contributed by atoms with E-state index < -0.39 is 6.61 Å². The Hall–Kier alpha value is -3.01. The number of amides is 1. The second kappa shape index (κ2) is 10.3. The summed E-state index contributed by atoms with van der Waals surface area (Å²) >= 11 is 0. The summed E-state index contributed by atoms with van der Waals surface area (Å²) in [7, 11) is 0. The lowest BCUT2D eigenvalue weighted by Gasteiger charge is -2.24. The molecular weight excluding hydrogens is 430 g/mol. The van der Waals surface area contributed by atoms with E-state index in [0.29, 0.717) is 18.0 Å². The lowest BCUT2D eigenvalue weighted by atomic mass is 10.1. The van der Waals surface area contributed by atoms with Gasteiger partial charge in [-0.2, -0.15) is 13.9 Å². The summed E-state index contributed by atoms with van der Waals surface area (Å²) in [4.78, 5) is 12.5. The van der Waals surface area contributed by atoms with Gasteiger partial charge < -0.3 is 20.1 Å². The zero-order chi connectivity index (χ0) is 20.9. The summed E-state index contributed by atoms with van der Waals surface area (Å²) < 4.78 is 36.0. The highest BCUT2D eigenvalue weighted by Crippen LogP contribution is 2.21. The molecule has 1 unspecified atom stereocenters. The van der Waals surface area contributed by atoms with Crippen LogP contribution in [0.1, 0.15) is 22.2 Å². The number of anilines is 1. The fourth-order valence-corrected chi connectivity index (χ4v) is 3.12. The van der Waals surface area contributed by atoms with E-state index in [9.17, 15) is 13.6 Å². The largest absolute Gasteiger partial charge is 0.435 e. The van der Waals surface area contributed by atoms with Crippen molar-refractivity contribution in [3.63, 3.8) is 0 Å². The maximum Gasteiger partial charge on any atom is 0.387 e. The number of benzene rings is 2.